The molecule has 4 aromatic rings. The summed E-state index contributed by atoms with van der Waals surface area (Å²) in [6.45, 7) is 8.17. The maximum Gasteiger partial charge on any atom is 0.227 e. The Hall–Kier alpha value is -4.30. The molecule has 3 heterocycles. The van der Waals surface area contributed by atoms with Gasteiger partial charge in [0.05, 0.1) is 41.8 Å². The van der Waals surface area contributed by atoms with Crippen LogP contribution >= 0.6 is 0 Å². The van der Waals surface area contributed by atoms with Gasteiger partial charge in [0.25, 0.3) is 0 Å². The lowest BCUT2D eigenvalue weighted by molar-refractivity contribution is 0.0571. The van der Waals surface area contributed by atoms with E-state index in [1.165, 1.54) is 6.33 Å². The normalized spacial score (nSPS) is 12.2. The van der Waals surface area contributed by atoms with Crippen molar-refractivity contribution in [1.29, 1.82) is 5.26 Å². The van der Waals surface area contributed by atoms with Gasteiger partial charge in [-0.15, -0.1) is 0 Å². The first kappa shape index (κ1) is 23.8. The molecule has 1 unspecified atom stereocenters. The molecule has 0 bridgehead atoms. The second-order valence-electron chi connectivity index (χ2n) is 8.90. The van der Waals surface area contributed by atoms with E-state index in [4.69, 9.17) is 4.74 Å². The van der Waals surface area contributed by atoms with Gasteiger partial charge in [-0.1, -0.05) is 6.07 Å². The number of rotatable bonds is 9. The molecule has 180 valence electrons. The summed E-state index contributed by atoms with van der Waals surface area (Å²) >= 11 is 0. The Morgan fingerprint density at radius 1 is 1.17 bits per heavy atom. The van der Waals surface area contributed by atoms with Gasteiger partial charge in [0.2, 0.25) is 5.95 Å². The molecule has 2 N–H and O–H groups in total. The summed E-state index contributed by atoms with van der Waals surface area (Å²) < 4.78 is 9.44. The van der Waals surface area contributed by atoms with E-state index in [2.05, 4.69) is 36.5 Å². The van der Waals surface area contributed by atoms with Crippen LogP contribution in [0.3, 0.4) is 0 Å². The van der Waals surface area contributed by atoms with Crippen molar-refractivity contribution >= 4 is 11.6 Å². The van der Waals surface area contributed by atoms with E-state index < -0.39 is 5.60 Å². The molecule has 1 atom stereocenters. The molecular formula is C24H27N9O2. The van der Waals surface area contributed by atoms with Gasteiger partial charge in [0.15, 0.2) is 0 Å². The number of aromatic nitrogens is 7. The zero-order chi connectivity index (χ0) is 25.0. The van der Waals surface area contributed by atoms with Crippen LogP contribution in [0.4, 0.5) is 11.6 Å². The highest BCUT2D eigenvalue weighted by atomic mass is 16.5. The minimum absolute atomic E-state index is 0.220. The maximum absolute atomic E-state index is 10.1. The van der Waals surface area contributed by atoms with E-state index in [-0.39, 0.29) is 6.10 Å². The number of hydrogen-bond donors (Lipinski definition) is 2. The van der Waals surface area contributed by atoms with E-state index in [1.54, 1.807) is 54.2 Å². The Morgan fingerprint density at radius 2 is 1.94 bits per heavy atom. The molecule has 0 saturated carbocycles. The van der Waals surface area contributed by atoms with Gasteiger partial charge in [-0.05, 0) is 45.4 Å². The highest BCUT2D eigenvalue weighted by molar-refractivity contribution is 5.67. The van der Waals surface area contributed by atoms with Gasteiger partial charge in [-0.3, -0.25) is 4.68 Å². The lowest BCUT2D eigenvalue weighted by Gasteiger charge is -2.18. The zero-order valence-corrected chi connectivity index (χ0v) is 20.0. The van der Waals surface area contributed by atoms with Crippen LogP contribution < -0.4 is 10.1 Å². The van der Waals surface area contributed by atoms with Crippen molar-refractivity contribution in [3.05, 3.63) is 60.7 Å². The van der Waals surface area contributed by atoms with E-state index in [0.717, 1.165) is 22.5 Å². The second kappa shape index (κ2) is 9.90. The quantitative estimate of drug-likeness (QED) is 0.375. The fraction of sp³-hybridized carbons (Fsp3) is 0.333. The summed E-state index contributed by atoms with van der Waals surface area (Å²) in [7, 11) is 0. The van der Waals surface area contributed by atoms with Gasteiger partial charge in [-0.25, -0.2) is 19.6 Å². The first-order valence-corrected chi connectivity index (χ1v) is 11.1. The number of nitrogens with one attached hydrogen (secondary N) is 1. The van der Waals surface area contributed by atoms with E-state index in [9.17, 15) is 10.4 Å². The molecule has 0 spiro atoms. The van der Waals surface area contributed by atoms with Gasteiger partial charge in [0.1, 0.15) is 30.6 Å². The van der Waals surface area contributed by atoms with Gasteiger partial charge in [0, 0.05) is 18.0 Å². The van der Waals surface area contributed by atoms with E-state index in [1.807, 2.05) is 26.0 Å². The third-order valence-electron chi connectivity index (χ3n) is 5.21. The molecule has 11 heteroatoms. The molecule has 0 aliphatic heterocycles. The van der Waals surface area contributed by atoms with Gasteiger partial charge in [-0.2, -0.15) is 15.5 Å². The summed E-state index contributed by atoms with van der Waals surface area (Å²) in [5.74, 6) is 0.904. The number of nitrogens with zero attached hydrogens (tertiary/aromatic N) is 8. The number of aliphatic hydroxyl groups is 1. The van der Waals surface area contributed by atoms with Gasteiger partial charge < -0.3 is 15.2 Å². The van der Waals surface area contributed by atoms with Crippen molar-refractivity contribution in [2.45, 2.75) is 52.5 Å². The summed E-state index contributed by atoms with van der Waals surface area (Å²) in [5.41, 5.74) is 2.81. The van der Waals surface area contributed by atoms with E-state index >= 15 is 0 Å². The molecule has 4 rings (SSSR count). The predicted molar refractivity (Wildman–Crippen MR) is 129 cm³/mol. The Balaban J connectivity index is 1.48. The Bertz CT molecular complexity index is 1320. The third kappa shape index (κ3) is 5.99. The molecule has 0 saturated heterocycles. The first-order valence-electron chi connectivity index (χ1n) is 11.1. The lowest BCUT2D eigenvalue weighted by Crippen LogP contribution is -2.27. The smallest absolute Gasteiger partial charge is 0.227 e. The van der Waals surface area contributed by atoms with Gasteiger partial charge >= 0.3 is 0 Å². The van der Waals surface area contributed by atoms with E-state index in [0.29, 0.717) is 30.4 Å². The van der Waals surface area contributed by atoms with Crippen LogP contribution in [0.1, 0.15) is 32.0 Å². The Kier molecular flexibility index (Phi) is 6.75. The molecule has 0 aliphatic carbocycles. The van der Waals surface area contributed by atoms with Crippen LogP contribution in [-0.2, 0) is 13.1 Å². The van der Waals surface area contributed by atoms with Crippen LogP contribution in [0.15, 0.2) is 49.4 Å². The van der Waals surface area contributed by atoms with Crippen molar-refractivity contribution in [1.82, 2.24) is 34.5 Å². The van der Waals surface area contributed by atoms with Crippen molar-refractivity contribution in [3.63, 3.8) is 0 Å². The number of hydrogen-bond acceptors (Lipinski definition) is 9. The molecule has 0 radical (unpaired) electrons. The van der Waals surface area contributed by atoms with Crippen LogP contribution in [0, 0.1) is 18.3 Å². The molecule has 3 aromatic heterocycles. The Morgan fingerprint density at radius 3 is 2.60 bits per heavy atom. The number of ether oxygens (including phenoxy) is 1. The predicted octanol–water partition coefficient (Wildman–Crippen LogP) is 3.09. The fourth-order valence-electron chi connectivity index (χ4n) is 3.49. The minimum Gasteiger partial charge on any atom is -0.487 e. The number of anilines is 2. The monoisotopic (exact) mass is 473 g/mol. The minimum atomic E-state index is -0.871. The molecular weight excluding hydrogens is 446 g/mol. The first-order chi connectivity index (χ1) is 16.7. The summed E-state index contributed by atoms with van der Waals surface area (Å²) in [6, 6.07) is 7.54. The topological polar surface area (TPSA) is 140 Å². The zero-order valence-electron chi connectivity index (χ0n) is 20.0. The lowest BCUT2D eigenvalue weighted by atomic mass is 10.1. The largest absolute Gasteiger partial charge is 0.487 e. The molecule has 0 fully saturated rings. The second-order valence-corrected chi connectivity index (χ2v) is 8.90. The number of nitriles is 1. The molecule has 1 aromatic carbocycles. The van der Waals surface area contributed by atoms with Crippen molar-refractivity contribution < 1.29 is 9.84 Å². The van der Waals surface area contributed by atoms with Crippen LogP contribution in [0.2, 0.25) is 0 Å². The van der Waals surface area contributed by atoms with Crippen LogP contribution in [0.5, 0.6) is 5.75 Å². The summed E-state index contributed by atoms with van der Waals surface area (Å²) in [4.78, 5) is 12.8. The average molecular weight is 474 g/mol. The SMILES string of the molecule is Cc1c(Nc2ncc(-c3ccc(C#N)c(OC(C)Cn4cncn4)c3)cn2)cnn1CC(C)(C)O. The van der Waals surface area contributed by atoms with Crippen molar-refractivity contribution in [3.8, 4) is 22.9 Å². The number of benzene rings is 1. The molecule has 35 heavy (non-hydrogen) atoms. The third-order valence-corrected chi connectivity index (χ3v) is 5.21. The molecule has 0 aliphatic rings. The Labute approximate surface area is 203 Å². The summed E-state index contributed by atoms with van der Waals surface area (Å²) in [6.07, 6.45) is 7.96. The summed E-state index contributed by atoms with van der Waals surface area (Å²) in [5, 5.41) is 31.1. The standard InChI is InChI=1S/C24H27N9O2/c1-16(12-32-15-26-14-30-32)35-22-7-18(5-6-19(22)8-25)20-9-27-23(28-10-20)31-21-11-29-33(17(21)2)13-24(3,4)34/h5-7,9-11,14-16,34H,12-13H2,1-4H3,(H,27,28,31). The van der Waals surface area contributed by atoms with Crippen LogP contribution in [0.25, 0.3) is 11.1 Å². The highest BCUT2D eigenvalue weighted by Crippen LogP contribution is 2.28. The van der Waals surface area contributed by atoms with Crippen molar-refractivity contribution in [2.24, 2.45) is 0 Å². The van der Waals surface area contributed by atoms with Crippen molar-refractivity contribution in [2.75, 3.05) is 5.32 Å². The molecule has 0 amide bonds. The average Bonchev–Trinajstić information content (AvgIpc) is 3.44. The fourth-order valence-corrected chi connectivity index (χ4v) is 3.49. The molecule has 11 nitrogen and oxygen atoms in total. The maximum atomic E-state index is 10.1. The van der Waals surface area contributed by atoms with Crippen LogP contribution in [-0.4, -0.2) is 51.3 Å². The highest BCUT2D eigenvalue weighted by Gasteiger charge is 2.17.